The molecule has 5 heteroatoms. The van der Waals surface area contributed by atoms with E-state index in [1.54, 1.807) is 16.4 Å². The highest BCUT2D eigenvalue weighted by Crippen LogP contribution is 2.48. The van der Waals surface area contributed by atoms with Crippen molar-refractivity contribution in [2.45, 2.75) is 56.5 Å². The van der Waals surface area contributed by atoms with Gasteiger partial charge in [0.25, 0.3) is 0 Å². The molecule has 3 atom stereocenters. The first-order valence-electron chi connectivity index (χ1n) is 9.63. The molecule has 1 saturated carbocycles. The molecule has 4 nitrogen and oxygen atoms in total. The lowest BCUT2D eigenvalue weighted by atomic mass is 9.73. The minimum absolute atomic E-state index is 0.200. The Morgan fingerprint density at radius 1 is 1.00 bits per heavy atom. The highest BCUT2D eigenvalue weighted by atomic mass is 32.2. The summed E-state index contributed by atoms with van der Waals surface area (Å²) >= 11 is 0. The molecule has 3 aliphatic rings. The van der Waals surface area contributed by atoms with Gasteiger partial charge in [-0.1, -0.05) is 48.9 Å². The Bertz CT molecular complexity index is 948. The van der Waals surface area contributed by atoms with Crippen molar-refractivity contribution in [3.05, 3.63) is 65.2 Å². The van der Waals surface area contributed by atoms with Crippen molar-refractivity contribution in [3.63, 3.8) is 0 Å². The third kappa shape index (κ3) is 3.13. The molecule has 2 bridgehead atoms. The van der Waals surface area contributed by atoms with E-state index < -0.39 is 16.1 Å². The van der Waals surface area contributed by atoms with Gasteiger partial charge in [-0.2, -0.15) is 4.31 Å². The average molecular weight is 384 g/mol. The lowest BCUT2D eigenvalue weighted by Crippen LogP contribution is -2.56. The van der Waals surface area contributed by atoms with Gasteiger partial charge in [0.1, 0.15) is 5.78 Å². The number of hydrogen-bond acceptors (Lipinski definition) is 3. The van der Waals surface area contributed by atoms with Crippen LogP contribution in [0.25, 0.3) is 0 Å². The Kier molecular flexibility index (Phi) is 4.68. The number of hydrogen-bond donors (Lipinski definition) is 0. The maximum absolute atomic E-state index is 13.5. The summed E-state index contributed by atoms with van der Waals surface area (Å²) in [5, 5.41) is 0. The molecule has 3 fully saturated rings. The Hall–Kier alpha value is -1.98. The van der Waals surface area contributed by atoms with Gasteiger partial charge >= 0.3 is 0 Å². The highest BCUT2D eigenvalue weighted by molar-refractivity contribution is 7.89. The fourth-order valence-corrected chi connectivity index (χ4v) is 6.35. The number of benzene rings is 2. The van der Waals surface area contributed by atoms with Crippen molar-refractivity contribution in [3.8, 4) is 0 Å². The van der Waals surface area contributed by atoms with Crippen LogP contribution in [-0.4, -0.2) is 24.5 Å². The van der Waals surface area contributed by atoms with E-state index >= 15 is 0 Å². The summed E-state index contributed by atoms with van der Waals surface area (Å²) in [5.41, 5.74) is 3.15. The number of aryl methyl sites for hydroxylation is 2. The van der Waals surface area contributed by atoms with Crippen LogP contribution in [-0.2, 0) is 21.2 Å². The summed E-state index contributed by atoms with van der Waals surface area (Å²) in [6, 6.07) is 14.4. The average Bonchev–Trinajstić information content (AvgIpc) is 2.68. The van der Waals surface area contributed by atoms with Gasteiger partial charge in [-0.3, -0.25) is 4.79 Å². The van der Waals surface area contributed by atoms with E-state index in [9.17, 15) is 13.2 Å². The van der Waals surface area contributed by atoms with Gasteiger partial charge in [-0.25, -0.2) is 8.42 Å². The lowest BCUT2D eigenvalue weighted by molar-refractivity contribution is -0.133. The molecule has 2 heterocycles. The first-order valence-corrected chi connectivity index (χ1v) is 11.1. The van der Waals surface area contributed by atoms with Crippen LogP contribution in [0.4, 0.5) is 0 Å². The van der Waals surface area contributed by atoms with E-state index in [0.29, 0.717) is 11.3 Å². The maximum atomic E-state index is 13.5. The van der Waals surface area contributed by atoms with E-state index in [2.05, 4.69) is 6.92 Å². The monoisotopic (exact) mass is 383 g/mol. The second-order valence-corrected chi connectivity index (χ2v) is 9.54. The Balaban J connectivity index is 1.80. The van der Waals surface area contributed by atoms with E-state index in [0.717, 1.165) is 30.4 Å². The van der Waals surface area contributed by atoms with Gasteiger partial charge in [0.05, 0.1) is 10.9 Å². The molecule has 1 aliphatic carbocycles. The number of fused-ring (bicyclic) bond motifs is 3. The Morgan fingerprint density at radius 3 is 2.26 bits per heavy atom. The van der Waals surface area contributed by atoms with Crippen molar-refractivity contribution < 1.29 is 13.2 Å². The quantitative estimate of drug-likeness (QED) is 0.801. The third-order valence-corrected chi connectivity index (χ3v) is 7.95. The zero-order valence-corrected chi connectivity index (χ0v) is 16.6. The summed E-state index contributed by atoms with van der Waals surface area (Å²) in [6.45, 7) is 4.03. The van der Waals surface area contributed by atoms with Crippen molar-refractivity contribution in [1.29, 1.82) is 0 Å². The van der Waals surface area contributed by atoms with Crippen molar-refractivity contribution in [1.82, 2.24) is 4.31 Å². The van der Waals surface area contributed by atoms with Crippen LogP contribution in [0.2, 0.25) is 0 Å². The number of carbonyl (C=O) groups excluding carboxylic acids is 1. The van der Waals surface area contributed by atoms with Gasteiger partial charge in [0.2, 0.25) is 10.0 Å². The molecule has 2 aromatic rings. The topological polar surface area (TPSA) is 54.5 Å². The molecule has 142 valence electrons. The molecule has 0 N–H and O–H groups in total. The maximum Gasteiger partial charge on any atom is 0.243 e. The molecule has 2 saturated heterocycles. The fourth-order valence-electron chi connectivity index (χ4n) is 4.48. The molecule has 0 amide bonds. The minimum atomic E-state index is -3.66. The molecule has 0 radical (unpaired) electrons. The van der Waals surface area contributed by atoms with Gasteiger partial charge in [-0.15, -0.1) is 0 Å². The molecule has 27 heavy (non-hydrogen) atoms. The highest BCUT2D eigenvalue weighted by Gasteiger charge is 2.52. The van der Waals surface area contributed by atoms with Crippen LogP contribution < -0.4 is 0 Å². The van der Waals surface area contributed by atoms with Gasteiger partial charge in [0.15, 0.2) is 0 Å². The molecule has 2 aliphatic heterocycles. The molecular weight excluding hydrogens is 358 g/mol. The van der Waals surface area contributed by atoms with Crippen LogP contribution in [0.3, 0.4) is 0 Å². The minimum Gasteiger partial charge on any atom is -0.299 e. The second-order valence-electron chi connectivity index (χ2n) is 7.70. The van der Waals surface area contributed by atoms with E-state index in [-0.39, 0.29) is 17.7 Å². The van der Waals surface area contributed by atoms with Crippen molar-refractivity contribution in [2.75, 3.05) is 0 Å². The summed E-state index contributed by atoms with van der Waals surface area (Å²) in [5.74, 6) is -0.0473. The Labute approximate surface area is 161 Å². The van der Waals surface area contributed by atoms with Crippen molar-refractivity contribution in [2.24, 2.45) is 5.92 Å². The first kappa shape index (κ1) is 18.4. The molecule has 2 aromatic carbocycles. The SMILES string of the molecule is CCc1ccc([C@@H]2[C@H]3CC[C@H](CC3=O)N2S(=O)(=O)c2ccc(C)cc2)cc1. The van der Waals surface area contributed by atoms with E-state index in [1.165, 1.54) is 5.56 Å². The zero-order valence-electron chi connectivity index (χ0n) is 15.8. The molecule has 0 aromatic heterocycles. The van der Waals surface area contributed by atoms with Crippen molar-refractivity contribution >= 4 is 15.8 Å². The van der Waals surface area contributed by atoms with Crippen LogP contribution in [0.15, 0.2) is 53.4 Å². The van der Waals surface area contributed by atoms with Crippen LogP contribution in [0.5, 0.6) is 0 Å². The number of rotatable bonds is 4. The molecular formula is C22H25NO3S. The summed E-state index contributed by atoms with van der Waals surface area (Å²) in [7, 11) is -3.66. The predicted octanol–water partition coefficient (Wildman–Crippen LogP) is 4.04. The van der Waals surface area contributed by atoms with Gasteiger partial charge in [0, 0.05) is 18.4 Å². The standard InChI is InChI=1S/C22H25NO3S/c1-3-16-6-8-17(9-7-16)22-20-13-10-18(14-21(20)24)23(22)27(25,26)19-11-4-15(2)5-12-19/h4-9,11-12,18,20,22H,3,10,13-14H2,1-2H3/t18-,20+,22-/m1/s1. The molecule has 0 unspecified atom stereocenters. The number of piperidine rings is 2. The van der Waals surface area contributed by atoms with Gasteiger partial charge < -0.3 is 0 Å². The van der Waals surface area contributed by atoms with E-state index in [1.807, 2.05) is 43.3 Å². The fraction of sp³-hybridized carbons (Fsp3) is 0.409. The van der Waals surface area contributed by atoms with E-state index in [4.69, 9.17) is 0 Å². The zero-order chi connectivity index (χ0) is 19.2. The second kappa shape index (κ2) is 6.88. The normalized spacial score (nSPS) is 25.7. The third-order valence-electron chi connectivity index (χ3n) is 6.00. The van der Waals surface area contributed by atoms with Crippen LogP contribution in [0.1, 0.15) is 48.9 Å². The van der Waals surface area contributed by atoms with Crippen LogP contribution >= 0.6 is 0 Å². The summed E-state index contributed by atoms with van der Waals surface area (Å²) in [4.78, 5) is 12.9. The number of nitrogens with zero attached hydrogens (tertiary/aromatic N) is 1. The largest absolute Gasteiger partial charge is 0.299 e. The van der Waals surface area contributed by atoms with Gasteiger partial charge in [-0.05, 0) is 49.4 Å². The first-order chi connectivity index (χ1) is 12.9. The van der Waals surface area contributed by atoms with Crippen LogP contribution in [0, 0.1) is 12.8 Å². The number of Topliss-reactive ketones (excluding diaryl/α,β-unsaturated/α-hetero) is 1. The number of ketones is 1. The lowest BCUT2D eigenvalue weighted by Gasteiger charge is -2.49. The Morgan fingerprint density at radius 2 is 1.67 bits per heavy atom. The predicted molar refractivity (Wildman–Crippen MR) is 105 cm³/mol. The smallest absolute Gasteiger partial charge is 0.243 e. The number of sulfonamides is 1. The number of carbonyl (C=O) groups is 1. The molecule has 0 spiro atoms. The summed E-state index contributed by atoms with van der Waals surface area (Å²) < 4.78 is 28.7. The molecule has 5 rings (SSSR count). The summed E-state index contributed by atoms with van der Waals surface area (Å²) in [6.07, 6.45) is 2.79.